The van der Waals surface area contributed by atoms with Crippen LogP contribution in [0.1, 0.15) is 26.6 Å². The maximum absolute atomic E-state index is 11.8. The zero-order valence-electron chi connectivity index (χ0n) is 9.16. The Kier molecular flexibility index (Phi) is 4.92. The molecule has 0 aliphatic carbocycles. The van der Waals surface area contributed by atoms with Crippen LogP contribution in [0.15, 0.2) is 4.52 Å². The molecule has 0 aliphatic heterocycles. The summed E-state index contributed by atoms with van der Waals surface area (Å²) in [6.45, 7) is 0.638. The van der Waals surface area contributed by atoms with E-state index < -0.39 is 11.8 Å². The quantitative estimate of drug-likeness (QED) is 0.549. The van der Waals surface area contributed by atoms with Crippen molar-refractivity contribution >= 4 is 23.4 Å². The molecule has 0 aliphatic rings. The number of rotatable bonds is 6. The van der Waals surface area contributed by atoms with E-state index in [9.17, 15) is 9.59 Å². The number of alkyl halides is 1. The highest BCUT2D eigenvalue weighted by molar-refractivity contribution is 6.18. The number of nitrogens with two attached hydrogens (primary N) is 1. The molecule has 17 heavy (non-hydrogen) atoms. The van der Waals surface area contributed by atoms with Crippen LogP contribution >= 0.6 is 11.6 Å². The Balaban J connectivity index is 2.89. The van der Waals surface area contributed by atoms with Crippen LogP contribution in [0.5, 0.6) is 0 Å². The van der Waals surface area contributed by atoms with Gasteiger partial charge in [-0.1, -0.05) is 5.16 Å². The highest BCUT2D eigenvalue weighted by Crippen LogP contribution is 2.15. The molecule has 0 saturated carbocycles. The van der Waals surface area contributed by atoms with Crippen molar-refractivity contribution in [1.82, 2.24) is 10.5 Å². The highest BCUT2D eigenvalue weighted by atomic mass is 35.5. The summed E-state index contributed by atoms with van der Waals surface area (Å²) in [4.78, 5) is 22.8. The average molecular weight is 262 g/mol. The summed E-state index contributed by atoms with van der Waals surface area (Å²) in [5.41, 5.74) is 5.21. The lowest BCUT2D eigenvalue weighted by Crippen LogP contribution is -2.29. The maximum Gasteiger partial charge on any atom is 0.288 e. The summed E-state index contributed by atoms with van der Waals surface area (Å²) < 4.78 is 9.45. The van der Waals surface area contributed by atoms with Crippen molar-refractivity contribution in [2.75, 3.05) is 20.3 Å². The molecule has 1 aromatic heterocycles. The normalized spacial score (nSPS) is 10.2. The second-order valence-corrected chi connectivity index (χ2v) is 3.35. The molecule has 7 nitrogen and oxygen atoms in total. The van der Waals surface area contributed by atoms with E-state index in [0.717, 1.165) is 0 Å². The van der Waals surface area contributed by atoms with Gasteiger partial charge < -0.3 is 20.3 Å². The molecule has 1 heterocycles. The van der Waals surface area contributed by atoms with Crippen LogP contribution in [0.25, 0.3) is 0 Å². The summed E-state index contributed by atoms with van der Waals surface area (Å²) in [6.07, 6.45) is 0. The number of nitrogens with zero attached hydrogens (tertiary/aromatic N) is 1. The van der Waals surface area contributed by atoms with Gasteiger partial charge in [0.1, 0.15) is 11.3 Å². The summed E-state index contributed by atoms with van der Waals surface area (Å²) in [5.74, 6) is -1.74. The van der Waals surface area contributed by atoms with E-state index in [1.54, 1.807) is 0 Å². The van der Waals surface area contributed by atoms with Gasteiger partial charge in [0.05, 0.1) is 12.5 Å². The second kappa shape index (κ2) is 6.21. The van der Waals surface area contributed by atoms with Crippen molar-refractivity contribution in [3.05, 3.63) is 17.0 Å². The van der Waals surface area contributed by atoms with Crippen molar-refractivity contribution in [2.24, 2.45) is 5.73 Å². The van der Waals surface area contributed by atoms with Gasteiger partial charge in [-0.25, -0.2) is 0 Å². The first-order valence-electron chi connectivity index (χ1n) is 4.73. The molecular formula is C9H12ClN3O4. The molecule has 8 heteroatoms. The van der Waals surface area contributed by atoms with E-state index in [1.807, 2.05) is 0 Å². The molecule has 0 bridgehead atoms. The maximum atomic E-state index is 11.8. The van der Waals surface area contributed by atoms with Crippen LogP contribution in [0, 0.1) is 0 Å². The number of carbonyl (C=O) groups is 2. The molecule has 0 unspecified atom stereocenters. The van der Waals surface area contributed by atoms with Gasteiger partial charge in [-0.2, -0.15) is 0 Å². The Bertz CT molecular complexity index is 418. The monoisotopic (exact) mass is 261 g/mol. The first-order valence-corrected chi connectivity index (χ1v) is 5.26. The zero-order chi connectivity index (χ0) is 12.8. The first-order chi connectivity index (χ1) is 8.11. The van der Waals surface area contributed by atoms with Crippen LogP contribution in [0.2, 0.25) is 0 Å². The molecule has 0 radical (unpaired) electrons. The molecule has 0 aromatic carbocycles. The number of primary amides is 1. The Morgan fingerprint density at radius 2 is 2.29 bits per heavy atom. The van der Waals surface area contributed by atoms with E-state index in [-0.39, 0.29) is 22.9 Å². The third kappa shape index (κ3) is 3.18. The molecule has 0 atom stereocenters. The van der Waals surface area contributed by atoms with E-state index in [2.05, 4.69) is 15.0 Å². The largest absolute Gasteiger partial charge is 0.383 e. The molecule has 0 spiro atoms. The van der Waals surface area contributed by atoms with Gasteiger partial charge in [0, 0.05) is 13.7 Å². The van der Waals surface area contributed by atoms with Gasteiger partial charge >= 0.3 is 0 Å². The fourth-order valence-corrected chi connectivity index (χ4v) is 1.35. The van der Waals surface area contributed by atoms with Crippen LogP contribution < -0.4 is 11.1 Å². The molecular weight excluding hydrogens is 250 g/mol. The first kappa shape index (κ1) is 13.5. The molecule has 1 aromatic rings. The number of amides is 2. The Hall–Kier alpha value is -1.60. The third-order valence-electron chi connectivity index (χ3n) is 1.93. The van der Waals surface area contributed by atoms with E-state index in [0.29, 0.717) is 13.2 Å². The van der Waals surface area contributed by atoms with Crippen LogP contribution in [0.4, 0.5) is 0 Å². The molecule has 0 saturated heterocycles. The molecule has 94 valence electrons. The van der Waals surface area contributed by atoms with Gasteiger partial charge in [-0.05, 0) is 0 Å². The number of halogens is 1. The van der Waals surface area contributed by atoms with Gasteiger partial charge in [-0.3, -0.25) is 9.59 Å². The lowest BCUT2D eigenvalue weighted by molar-refractivity contribution is 0.0910. The second-order valence-electron chi connectivity index (χ2n) is 3.08. The SMILES string of the molecule is COCCNC(=O)c1c(CCl)noc1C(N)=O. The average Bonchev–Trinajstić information content (AvgIpc) is 2.72. The van der Waals surface area contributed by atoms with Crippen LogP contribution in [-0.2, 0) is 10.6 Å². The number of hydrogen-bond donors (Lipinski definition) is 2. The number of nitrogens with one attached hydrogen (secondary N) is 1. The minimum Gasteiger partial charge on any atom is -0.383 e. The minimum atomic E-state index is -0.870. The number of carbonyl (C=O) groups excluding carboxylic acids is 2. The van der Waals surface area contributed by atoms with E-state index in [4.69, 9.17) is 22.1 Å². The fourth-order valence-electron chi connectivity index (χ4n) is 1.17. The molecule has 0 fully saturated rings. The Morgan fingerprint density at radius 1 is 1.59 bits per heavy atom. The topological polar surface area (TPSA) is 107 Å². The predicted octanol–water partition coefficient (Wildman–Crippen LogP) is -0.111. The molecule has 2 amide bonds. The standard InChI is InChI=1S/C9H12ClN3O4/c1-16-3-2-12-9(15)6-5(4-10)13-17-7(6)8(11)14/h2-4H2,1H3,(H2,11,14)(H,12,15). The highest BCUT2D eigenvalue weighted by Gasteiger charge is 2.25. The van der Waals surface area contributed by atoms with Gasteiger partial charge in [-0.15, -0.1) is 11.6 Å². The minimum absolute atomic E-state index is 0.0244. The summed E-state index contributed by atoms with van der Waals surface area (Å²) in [6, 6.07) is 0. The molecule has 1 rings (SSSR count). The van der Waals surface area contributed by atoms with Gasteiger partial charge in [0.25, 0.3) is 11.8 Å². The van der Waals surface area contributed by atoms with E-state index >= 15 is 0 Å². The number of hydrogen-bond acceptors (Lipinski definition) is 5. The van der Waals surface area contributed by atoms with Gasteiger partial charge in [0.2, 0.25) is 5.76 Å². The van der Waals surface area contributed by atoms with Crippen LogP contribution in [-0.4, -0.2) is 37.2 Å². The third-order valence-corrected chi connectivity index (χ3v) is 2.19. The van der Waals surface area contributed by atoms with Crippen molar-refractivity contribution < 1.29 is 18.8 Å². The lowest BCUT2D eigenvalue weighted by atomic mass is 10.1. The smallest absolute Gasteiger partial charge is 0.288 e. The Labute approximate surface area is 102 Å². The predicted molar refractivity (Wildman–Crippen MR) is 58.8 cm³/mol. The van der Waals surface area contributed by atoms with E-state index in [1.165, 1.54) is 7.11 Å². The van der Waals surface area contributed by atoms with Gasteiger partial charge in [0.15, 0.2) is 0 Å². The van der Waals surface area contributed by atoms with Crippen molar-refractivity contribution in [2.45, 2.75) is 5.88 Å². The summed E-state index contributed by atoms with van der Waals surface area (Å²) in [5, 5.41) is 6.03. The van der Waals surface area contributed by atoms with Crippen LogP contribution in [0.3, 0.4) is 0 Å². The number of aromatic nitrogens is 1. The van der Waals surface area contributed by atoms with Crippen molar-refractivity contribution in [1.29, 1.82) is 0 Å². The lowest BCUT2D eigenvalue weighted by Gasteiger charge is -2.03. The van der Waals surface area contributed by atoms with Crippen molar-refractivity contribution in [3.8, 4) is 0 Å². The van der Waals surface area contributed by atoms with Crippen molar-refractivity contribution in [3.63, 3.8) is 0 Å². The summed E-state index contributed by atoms with van der Waals surface area (Å²) in [7, 11) is 1.50. The summed E-state index contributed by atoms with van der Waals surface area (Å²) >= 11 is 5.58. The Morgan fingerprint density at radius 3 is 2.82 bits per heavy atom. The fraction of sp³-hybridized carbons (Fsp3) is 0.444. The zero-order valence-corrected chi connectivity index (χ0v) is 9.91. The molecule has 3 N–H and O–H groups in total. The number of ether oxygens (including phenoxy) is 1. The number of methoxy groups -OCH3 is 1.